The summed E-state index contributed by atoms with van der Waals surface area (Å²) in [4.78, 5) is 12.2. The number of furan rings is 1. The molecule has 0 bridgehead atoms. The number of amides is 1. The average Bonchev–Trinajstić information content (AvgIpc) is 2.98. The molecule has 1 aromatic heterocycles. The van der Waals surface area contributed by atoms with Gasteiger partial charge in [0.2, 0.25) is 10.0 Å². The second-order valence-corrected chi connectivity index (χ2v) is 6.63. The largest absolute Gasteiger partial charge is 0.496 e. The van der Waals surface area contributed by atoms with Crippen molar-refractivity contribution >= 4 is 15.9 Å². The number of carbonyl (C=O) groups excluding carboxylic acids is 1. The van der Waals surface area contributed by atoms with Crippen molar-refractivity contribution in [2.45, 2.75) is 24.3 Å². The van der Waals surface area contributed by atoms with E-state index in [1.165, 1.54) is 25.3 Å². The van der Waals surface area contributed by atoms with Crippen molar-refractivity contribution in [2.24, 2.45) is 5.14 Å². The van der Waals surface area contributed by atoms with Crippen LogP contribution in [-0.2, 0) is 16.4 Å². The van der Waals surface area contributed by atoms with Crippen LogP contribution in [0.25, 0.3) is 0 Å². The van der Waals surface area contributed by atoms with Gasteiger partial charge in [-0.3, -0.25) is 4.79 Å². The first-order valence-electron chi connectivity index (χ1n) is 6.85. The topological polar surface area (TPSA) is 112 Å². The lowest BCUT2D eigenvalue weighted by Gasteiger charge is -2.15. The number of primary sulfonamides is 1. The number of methoxy groups -OCH3 is 1. The van der Waals surface area contributed by atoms with Gasteiger partial charge in [-0.1, -0.05) is 0 Å². The molecule has 0 spiro atoms. The van der Waals surface area contributed by atoms with Crippen molar-refractivity contribution in [3.63, 3.8) is 0 Å². The first kappa shape index (κ1) is 17.0. The molecule has 1 atom stereocenters. The second-order valence-electron chi connectivity index (χ2n) is 5.07. The summed E-state index contributed by atoms with van der Waals surface area (Å²) < 4.78 is 33.2. The van der Waals surface area contributed by atoms with Gasteiger partial charge in [0, 0.05) is 12.5 Å². The smallest absolute Gasteiger partial charge is 0.255 e. The standard InChI is InChI=1S/C15H18N2O5S/c1-10(8-11-4-3-7-22-11)17-15(18)13-9-12(23(16,19)20)5-6-14(13)21-2/h3-7,9-10H,8H2,1-2H3,(H,17,18)(H2,16,19,20)/t10-/m0/s1. The lowest BCUT2D eigenvalue weighted by Crippen LogP contribution is -2.34. The van der Waals surface area contributed by atoms with Gasteiger partial charge in [0.15, 0.2) is 0 Å². The Morgan fingerprint density at radius 2 is 2.13 bits per heavy atom. The summed E-state index contributed by atoms with van der Waals surface area (Å²) in [6.45, 7) is 1.82. The highest BCUT2D eigenvalue weighted by Gasteiger charge is 2.19. The Bertz CT molecular complexity index is 784. The van der Waals surface area contributed by atoms with Crippen LogP contribution >= 0.6 is 0 Å². The molecule has 0 radical (unpaired) electrons. The maximum Gasteiger partial charge on any atom is 0.255 e. The van der Waals surface area contributed by atoms with E-state index >= 15 is 0 Å². The van der Waals surface area contributed by atoms with Gasteiger partial charge in [0.1, 0.15) is 11.5 Å². The van der Waals surface area contributed by atoms with Gasteiger partial charge in [-0.2, -0.15) is 0 Å². The van der Waals surface area contributed by atoms with Crippen molar-refractivity contribution in [1.82, 2.24) is 5.32 Å². The molecule has 23 heavy (non-hydrogen) atoms. The summed E-state index contributed by atoms with van der Waals surface area (Å²) in [6, 6.07) is 7.25. The normalized spacial score (nSPS) is 12.7. The third-order valence-electron chi connectivity index (χ3n) is 3.21. The molecule has 1 heterocycles. The van der Waals surface area contributed by atoms with Crippen LogP contribution in [0.2, 0.25) is 0 Å². The molecule has 0 aliphatic rings. The summed E-state index contributed by atoms with van der Waals surface area (Å²) in [6.07, 6.45) is 2.07. The predicted octanol–water partition coefficient (Wildman–Crippen LogP) is 1.30. The fourth-order valence-corrected chi connectivity index (χ4v) is 2.66. The average molecular weight is 338 g/mol. The highest BCUT2D eigenvalue weighted by Crippen LogP contribution is 2.22. The summed E-state index contributed by atoms with van der Waals surface area (Å²) in [5.74, 6) is 0.551. The van der Waals surface area contributed by atoms with Crippen LogP contribution in [0.1, 0.15) is 23.0 Å². The third-order valence-corrected chi connectivity index (χ3v) is 4.12. The van der Waals surface area contributed by atoms with Crippen LogP contribution < -0.4 is 15.2 Å². The number of sulfonamides is 1. The SMILES string of the molecule is COc1ccc(S(N)(=O)=O)cc1C(=O)N[C@@H](C)Cc1ccco1. The van der Waals surface area contributed by atoms with Crippen molar-refractivity contribution in [2.75, 3.05) is 7.11 Å². The van der Waals surface area contributed by atoms with E-state index in [4.69, 9.17) is 14.3 Å². The number of hydrogen-bond acceptors (Lipinski definition) is 5. The van der Waals surface area contributed by atoms with E-state index in [0.717, 1.165) is 5.76 Å². The van der Waals surface area contributed by atoms with Crippen molar-refractivity contribution in [3.05, 3.63) is 47.9 Å². The predicted molar refractivity (Wildman–Crippen MR) is 83.7 cm³/mol. The Balaban J connectivity index is 2.20. The lowest BCUT2D eigenvalue weighted by atomic mass is 10.1. The molecular weight excluding hydrogens is 320 g/mol. The fraction of sp³-hybridized carbons (Fsp3) is 0.267. The molecule has 0 aliphatic carbocycles. The molecule has 124 valence electrons. The van der Waals surface area contributed by atoms with E-state index in [0.29, 0.717) is 6.42 Å². The molecule has 2 aromatic rings. The molecule has 7 nitrogen and oxygen atoms in total. The van der Waals surface area contributed by atoms with Gasteiger partial charge in [-0.05, 0) is 37.3 Å². The van der Waals surface area contributed by atoms with Crippen molar-refractivity contribution in [3.8, 4) is 5.75 Å². The molecule has 2 rings (SSSR count). The van der Waals surface area contributed by atoms with Crippen LogP contribution in [0.15, 0.2) is 45.9 Å². The zero-order valence-electron chi connectivity index (χ0n) is 12.8. The Hall–Kier alpha value is -2.32. The summed E-state index contributed by atoms with van der Waals surface area (Å²) in [5, 5.41) is 7.87. The highest BCUT2D eigenvalue weighted by atomic mass is 32.2. The van der Waals surface area contributed by atoms with Crippen LogP contribution in [-0.4, -0.2) is 27.5 Å². The second kappa shape index (κ2) is 6.84. The Morgan fingerprint density at radius 3 is 2.70 bits per heavy atom. The molecule has 0 saturated heterocycles. The maximum absolute atomic E-state index is 12.4. The molecule has 1 amide bonds. The number of hydrogen-bond donors (Lipinski definition) is 2. The van der Waals surface area contributed by atoms with Gasteiger partial charge in [-0.25, -0.2) is 13.6 Å². The van der Waals surface area contributed by atoms with E-state index < -0.39 is 15.9 Å². The monoisotopic (exact) mass is 338 g/mol. The minimum absolute atomic E-state index is 0.102. The van der Waals surface area contributed by atoms with Gasteiger partial charge in [-0.15, -0.1) is 0 Å². The quantitative estimate of drug-likeness (QED) is 0.824. The third kappa shape index (κ3) is 4.33. The van der Waals surface area contributed by atoms with E-state index in [-0.39, 0.29) is 22.3 Å². The number of ether oxygens (including phenoxy) is 1. The Morgan fingerprint density at radius 1 is 1.39 bits per heavy atom. The minimum atomic E-state index is -3.90. The Kier molecular flexibility index (Phi) is 5.07. The summed E-state index contributed by atoms with van der Waals surface area (Å²) in [5.41, 5.74) is 0.102. The Labute approximate surface area is 134 Å². The van der Waals surface area contributed by atoms with Crippen LogP contribution in [0.5, 0.6) is 5.75 Å². The molecular formula is C15H18N2O5S. The first-order chi connectivity index (χ1) is 10.8. The van der Waals surface area contributed by atoms with E-state index in [9.17, 15) is 13.2 Å². The molecule has 0 aliphatic heterocycles. The van der Waals surface area contributed by atoms with Crippen LogP contribution in [0.4, 0.5) is 0 Å². The van der Waals surface area contributed by atoms with Crippen molar-refractivity contribution in [1.29, 1.82) is 0 Å². The number of rotatable bonds is 6. The van der Waals surface area contributed by atoms with Crippen LogP contribution in [0.3, 0.4) is 0 Å². The minimum Gasteiger partial charge on any atom is -0.496 e. The van der Waals surface area contributed by atoms with E-state index in [1.807, 2.05) is 13.0 Å². The maximum atomic E-state index is 12.4. The molecule has 0 saturated carbocycles. The van der Waals surface area contributed by atoms with E-state index in [2.05, 4.69) is 5.32 Å². The fourth-order valence-electron chi connectivity index (χ4n) is 2.12. The highest BCUT2D eigenvalue weighted by molar-refractivity contribution is 7.89. The molecule has 8 heteroatoms. The van der Waals surface area contributed by atoms with Gasteiger partial charge in [0.25, 0.3) is 5.91 Å². The van der Waals surface area contributed by atoms with Gasteiger partial charge >= 0.3 is 0 Å². The van der Waals surface area contributed by atoms with Crippen LogP contribution in [0, 0.1) is 0 Å². The van der Waals surface area contributed by atoms with Gasteiger partial charge < -0.3 is 14.5 Å². The number of nitrogens with one attached hydrogen (secondary N) is 1. The van der Waals surface area contributed by atoms with Crippen molar-refractivity contribution < 1.29 is 22.4 Å². The first-order valence-corrected chi connectivity index (χ1v) is 8.40. The van der Waals surface area contributed by atoms with Gasteiger partial charge in [0.05, 0.1) is 23.8 Å². The zero-order chi connectivity index (χ0) is 17.0. The molecule has 3 N–H and O–H groups in total. The number of benzene rings is 1. The molecule has 1 aromatic carbocycles. The lowest BCUT2D eigenvalue weighted by molar-refractivity contribution is 0.0936. The summed E-state index contributed by atoms with van der Waals surface area (Å²) >= 11 is 0. The molecule has 0 fully saturated rings. The molecule has 0 unspecified atom stereocenters. The summed E-state index contributed by atoms with van der Waals surface area (Å²) in [7, 11) is -2.51. The zero-order valence-corrected chi connectivity index (χ0v) is 13.6. The number of carbonyl (C=O) groups is 1. The van der Waals surface area contributed by atoms with E-state index in [1.54, 1.807) is 12.3 Å². The number of nitrogens with two attached hydrogens (primary N) is 1.